The maximum Gasteiger partial charge on any atom is 0.253 e. The third-order valence-corrected chi connectivity index (χ3v) is 6.17. The van der Waals surface area contributed by atoms with E-state index in [0.717, 1.165) is 18.9 Å². The van der Waals surface area contributed by atoms with Crippen molar-refractivity contribution >= 4 is 21.7 Å². The summed E-state index contributed by atoms with van der Waals surface area (Å²) in [5.74, 6) is 0.955. The highest BCUT2D eigenvalue weighted by Gasteiger charge is 2.42. The summed E-state index contributed by atoms with van der Waals surface area (Å²) < 4.78 is 35.7. The lowest BCUT2D eigenvalue weighted by molar-refractivity contribution is 0.0782. The number of anilines is 1. The van der Waals surface area contributed by atoms with Gasteiger partial charge in [-0.1, -0.05) is 0 Å². The normalized spacial score (nSPS) is 22.1. The Morgan fingerprint density at radius 2 is 1.67 bits per heavy atom. The van der Waals surface area contributed by atoms with Crippen LogP contribution in [0.25, 0.3) is 0 Å². The first-order valence-corrected chi connectivity index (χ1v) is 10.1. The molecule has 2 saturated heterocycles. The first-order chi connectivity index (χ1) is 12.8. The number of nitrogens with zero attached hydrogens (tertiary/aromatic N) is 3. The Morgan fingerprint density at radius 1 is 1.04 bits per heavy atom. The number of benzene rings is 1. The lowest BCUT2D eigenvalue weighted by atomic mass is 10.0. The number of fused-ring (bicyclic) bond motifs is 1. The number of pyridine rings is 1. The second-order valence-corrected chi connectivity index (χ2v) is 8.60. The Kier molecular flexibility index (Phi) is 4.35. The number of halogens is 1. The van der Waals surface area contributed by atoms with Crippen molar-refractivity contribution in [2.45, 2.75) is 4.90 Å². The summed E-state index contributed by atoms with van der Waals surface area (Å²) in [5, 5.41) is 5.08. The fourth-order valence-corrected chi connectivity index (χ4v) is 4.39. The fraction of sp³-hybridized carbons (Fsp3) is 0.333. The van der Waals surface area contributed by atoms with Crippen molar-refractivity contribution in [2.24, 2.45) is 17.0 Å². The minimum Gasteiger partial charge on any atom is -0.356 e. The van der Waals surface area contributed by atoms with Crippen LogP contribution in [0.15, 0.2) is 47.5 Å². The number of amides is 1. The van der Waals surface area contributed by atoms with E-state index in [1.54, 1.807) is 11.0 Å². The van der Waals surface area contributed by atoms with Crippen molar-refractivity contribution in [3.05, 3.63) is 54.0 Å². The van der Waals surface area contributed by atoms with Crippen LogP contribution in [0.1, 0.15) is 10.4 Å². The number of rotatable bonds is 3. The summed E-state index contributed by atoms with van der Waals surface area (Å²) in [4.78, 5) is 20.7. The van der Waals surface area contributed by atoms with E-state index in [9.17, 15) is 17.6 Å². The summed E-state index contributed by atoms with van der Waals surface area (Å²) in [6.45, 7) is 2.82. The average molecular weight is 390 g/mol. The molecule has 0 bridgehead atoms. The minimum atomic E-state index is -3.77. The predicted molar refractivity (Wildman–Crippen MR) is 97.1 cm³/mol. The van der Waals surface area contributed by atoms with Crippen molar-refractivity contribution in [3.63, 3.8) is 0 Å². The van der Waals surface area contributed by atoms with Crippen LogP contribution in [0.5, 0.6) is 0 Å². The average Bonchev–Trinajstić information content (AvgIpc) is 3.20. The van der Waals surface area contributed by atoms with Gasteiger partial charge in [-0.05, 0) is 36.4 Å². The molecule has 1 aromatic heterocycles. The van der Waals surface area contributed by atoms with Crippen LogP contribution in [0.2, 0.25) is 0 Å². The molecular formula is C18H19FN4O3S. The largest absolute Gasteiger partial charge is 0.356 e. The molecule has 2 unspecified atom stereocenters. The number of carbonyl (C=O) groups is 1. The smallest absolute Gasteiger partial charge is 0.253 e. The third kappa shape index (κ3) is 3.52. The van der Waals surface area contributed by atoms with E-state index in [1.165, 1.54) is 36.5 Å². The maximum atomic E-state index is 13.0. The van der Waals surface area contributed by atoms with Crippen molar-refractivity contribution in [3.8, 4) is 0 Å². The molecular weight excluding hydrogens is 371 g/mol. The van der Waals surface area contributed by atoms with E-state index in [2.05, 4.69) is 9.88 Å². The van der Waals surface area contributed by atoms with E-state index < -0.39 is 10.0 Å². The van der Waals surface area contributed by atoms with E-state index in [0.29, 0.717) is 30.5 Å². The summed E-state index contributed by atoms with van der Waals surface area (Å²) >= 11 is 0. The van der Waals surface area contributed by atoms with Gasteiger partial charge in [0.2, 0.25) is 10.0 Å². The van der Waals surface area contributed by atoms with Crippen molar-refractivity contribution in [1.29, 1.82) is 0 Å². The third-order valence-electron chi connectivity index (χ3n) is 5.24. The number of likely N-dealkylation sites (tertiary alicyclic amines) is 1. The molecule has 27 heavy (non-hydrogen) atoms. The Bertz CT molecular complexity index is 949. The number of carbonyl (C=O) groups excluding carboxylic acids is 1. The van der Waals surface area contributed by atoms with Gasteiger partial charge >= 0.3 is 0 Å². The van der Waals surface area contributed by atoms with Crippen molar-refractivity contribution < 1.29 is 17.6 Å². The summed E-state index contributed by atoms with van der Waals surface area (Å²) in [6, 6.07) is 8.75. The first-order valence-electron chi connectivity index (χ1n) is 8.60. The van der Waals surface area contributed by atoms with Gasteiger partial charge in [0.1, 0.15) is 11.6 Å². The predicted octanol–water partition coefficient (Wildman–Crippen LogP) is 1.08. The van der Waals surface area contributed by atoms with E-state index in [1.807, 2.05) is 0 Å². The van der Waals surface area contributed by atoms with Crippen LogP contribution < -0.4 is 10.0 Å². The van der Waals surface area contributed by atoms with Gasteiger partial charge < -0.3 is 9.80 Å². The van der Waals surface area contributed by atoms with Gasteiger partial charge in [-0.3, -0.25) is 4.79 Å². The van der Waals surface area contributed by atoms with Crippen LogP contribution >= 0.6 is 0 Å². The highest BCUT2D eigenvalue weighted by atomic mass is 32.2. The van der Waals surface area contributed by atoms with Crippen LogP contribution in [-0.4, -0.2) is 50.4 Å². The highest BCUT2D eigenvalue weighted by Crippen LogP contribution is 2.34. The number of nitrogens with two attached hydrogens (primary N) is 1. The molecule has 0 radical (unpaired) electrons. The fourth-order valence-electron chi connectivity index (χ4n) is 3.87. The van der Waals surface area contributed by atoms with Crippen LogP contribution in [0.3, 0.4) is 0 Å². The molecule has 142 valence electrons. The second kappa shape index (κ2) is 6.58. The van der Waals surface area contributed by atoms with Gasteiger partial charge in [0, 0.05) is 43.6 Å². The van der Waals surface area contributed by atoms with Crippen LogP contribution in [0, 0.1) is 17.7 Å². The van der Waals surface area contributed by atoms with Gasteiger partial charge in [0.05, 0.1) is 11.1 Å². The zero-order chi connectivity index (χ0) is 19.2. The molecule has 0 saturated carbocycles. The molecule has 3 heterocycles. The van der Waals surface area contributed by atoms with Crippen molar-refractivity contribution in [1.82, 2.24) is 9.88 Å². The number of primary sulfonamides is 1. The molecule has 2 fully saturated rings. The van der Waals surface area contributed by atoms with E-state index in [-0.39, 0.29) is 16.6 Å². The molecule has 1 amide bonds. The molecule has 2 aliphatic rings. The van der Waals surface area contributed by atoms with E-state index in [4.69, 9.17) is 5.14 Å². The molecule has 0 aliphatic carbocycles. The molecule has 2 aliphatic heterocycles. The molecule has 1 aromatic carbocycles. The Morgan fingerprint density at radius 3 is 2.19 bits per heavy atom. The van der Waals surface area contributed by atoms with Gasteiger partial charge in [0.25, 0.3) is 5.91 Å². The van der Waals surface area contributed by atoms with Gasteiger partial charge in [0.15, 0.2) is 0 Å². The lowest BCUT2D eigenvalue weighted by Crippen LogP contribution is -2.33. The summed E-state index contributed by atoms with van der Waals surface area (Å²) in [6.07, 6.45) is 1.21. The topological polar surface area (TPSA) is 96.6 Å². The Labute approximate surface area is 156 Å². The second-order valence-electron chi connectivity index (χ2n) is 7.04. The zero-order valence-corrected chi connectivity index (χ0v) is 15.3. The van der Waals surface area contributed by atoms with Crippen LogP contribution in [-0.2, 0) is 10.0 Å². The van der Waals surface area contributed by atoms with Crippen LogP contribution in [0.4, 0.5) is 10.2 Å². The quantitative estimate of drug-likeness (QED) is 0.846. The number of hydrogen-bond acceptors (Lipinski definition) is 5. The maximum absolute atomic E-state index is 13.0. The van der Waals surface area contributed by atoms with Gasteiger partial charge in [-0.25, -0.2) is 22.9 Å². The molecule has 2 N–H and O–H groups in total. The minimum absolute atomic E-state index is 0.0141. The number of sulfonamides is 1. The molecule has 7 nitrogen and oxygen atoms in total. The Balaban J connectivity index is 1.41. The highest BCUT2D eigenvalue weighted by molar-refractivity contribution is 7.89. The molecule has 9 heteroatoms. The molecule has 0 spiro atoms. The van der Waals surface area contributed by atoms with Gasteiger partial charge in [-0.2, -0.15) is 0 Å². The molecule has 2 atom stereocenters. The number of aromatic nitrogens is 1. The van der Waals surface area contributed by atoms with E-state index >= 15 is 0 Å². The van der Waals surface area contributed by atoms with Gasteiger partial charge in [-0.15, -0.1) is 0 Å². The molecule has 2 aromatic rings. The SMILES string of the molecule is NS(=O)(=O)c1ccc(C(=O)N2CC3CN(c4ccc(F)cn4)CC3C2)cc1. The molecule has 4 rings (SSSR count). The Hall–Kier alpha value is -2.52. The number of hydrogen-bond donors (Lipinski definition) is 1. The summed E-state index contributed by atoms with van der Waals surface area (Å²) in [7, 11) is -3.77. The zero-order valence-electron chi connectivity index (χ0n) is 14.5. The monoisotopic (exact) mass is 390 g/mol. The van der Waals surface area contributed by atoms with Crippen molar-refractivity contribution in [2.75, 3.05) is 31.1 Å². The lowest BCUT2D eigenvalue weighted by Gasteiger charge is -2.22. The summed E-state index contributed by atoms with van der Waals surface area (Å²) in [5.41, 5.74) is 0.444. The first kappa shape index (κ1) is 17.9. The standard InChI is InChI=1S/C18H19FN4O3S/c19-15-3-6-17(21-7-15)22-8-13-10-23(11-14(13)9-22)18(24)12-1-4-16(5-2-12)27(20,25)26/h1-7,13-14H,8-11H2,(H2,20,25,26).